The summed E-state index contributed by atoms with van der Waals surface area (Å²) in [5.74, 6) is -2.12. The van der Waals surface area contributed by atoms with Gasteiger partial charge in [-0.05, 0) is 37.0 Å². The number of hydrogen-bond donors (Lipinski definition) is 3. The van der Waals surface area contributed by atoms with E-state index >= 15 is 0 Å². The van der Waals surface area contributed by atoms with Crippen molar-refractivity contribution in [3.8, 4) is 0 Å². The van der Waals surface area contributed by atoms with E-state index in [1.165, 1.54) is 12.1 Å². The summed E-state index contributed by atoms with van der Waals surface area (Å²) >= 11 is 0. The number of hydrogen-bond acceptors (Lipinski definition) is 3. The first-order valence-electron chi connectivity index (χ1n) is 6.95. The number of carboxylic acid groups (broad SMARTS) is 1. The second kappa shape index (κ2) is 5.71. The van der Waals surface area contributed by atoms with Crippen LogP contribution in [-0.2, 0) is 4.79 Å². The number of rotatable bonds is 4. The molecule has 0 saturated heterocycles. The van der Waals surface area contributed by atoms with Crippen molar-refractivity contribution in [2.45, 2.75) is 38.1 Å². The zero-order valence-corrected chi connectivity index (χ0v) is 11.9. The maximum absolute atomic E-state index is 14.0. The number of anilines is 1. The van der Waals surface area contributed by atoms with Crippen LogP contribution in [0.5, 0.6) is 0 Å². The SMILES string of the molecule is CC1CCCC(Nc2ccc(C(N)=O)cc2F)(C(=O)O)C1. The van der Waals surface area contributed by atoms with E-state index in [-0.39, 0.29) is 17.2 Å². The molecule has 1 aliphatic carbocycles. The number of carbonyl (C=O) groups excluding carboxylic acids is 1. The lowest BCUT2D eigenvalue weighted by molar-refractivity contribution is -0.144. The molecule has 2 atom stereocenters. The van der Waals surface area contributed by atoms with E-state index in [2.05, 4.69) is 5.32 Å². The van der Waals surface area contributed by atoms with Crippen molar-refractivity contribution in [1.29, 1.82) is 0 Å². The van der Waals surface area contributed by atoms with E-state index in [0.717, 1.165) is 18.9 Å². The molecule has 1 aromatic rings. The van der Waals surface area contributed by atoms with Crippen molar-refractivity contribution in [3.63, 3.8) is 0 Å². The third-order valence-electron chi connectivity index (χ3n) is 4.03. The number of primary amides is 1. The zero-order valence-electron chi connectivity index (χ0n) is 11.9. The van der Waals surface area contributed by atoms with Gasteiger partial charge in [0.15, 0.2) is 0 Å². The maximum Gasteiger partial charge on any atom is 0.329 e. The molecule has 0 spiro atoms. The smallest absolute Gasteiger partial charge is 0.329 e. The third-order valence-corrected chi connectivity index (χ3v) is 4.03. The highest BCUT2D eigenvalue weighted by Crippen LogP contribution is 2.36. The number of carbonyl (C=O) groups is 2. The third kappa shape index (κ3) is 3.15. The second-order valence-corrected chi connectivity index (χ2v) is 5.77. The van der Waals surface area contributed by atoms with Gasteiger partial charge in [0.2, 0.25) is 5.91 Å². The van der Waals surface area contributed by atoms with Crippen molar-refractivity contribution in [2.75, 3.05) is 5.32 Å². The fraction of sp³-hybridized carbons (Fsp3) is 0.467. The largest absolute Gasteiger partial charge is 0.480 e. The summed E-state index contributed by atoms with van der Waals surface area (Å²) in [7, 11) is 0. The Bertz CT molecular complexity index is 576. The highest BCUT2D eigenvalue weighted by atomic mass is 19.1. The van der Waals surface area contributed by atoms with Gasteiger partial charge >= 0.3 is 5.97 Å². The Labute approximate surface area is 122 Å². The highest BCUT2D eigenvalue weighted by Gasteiger charge is 2.42. The second-order valence-electron chi connectivity index (χ2n) is 5.77. The molecule has 6 heteroatoms. The molecule has 1 fully saturated rings. The average molecular weight is 294 g/mol. The minimum Gasteiger partial charge on any atom is -0.480 e. The van der Waals surface area contributed by atoms with E-state index in [1.54, 1.807) is 0 Å². The number of nitrogens with one attached hydrogen (secondary N) is 1. The van der Waals surface area contributed by atoms with Gasteiger partial charge in [-0.1, -0.05) is 19.8 Å². The zero-order chi connectivity index (χ0) is 15.6. The molecule has 0 heterocycles. The Morgan fingerprint density at radius 1 is 1.48 bits per heavy atom. The Morgan fingerprint density at radius 2 is 2.19 bits per heavy atom. The number of amides is 1. The van der Waals surface area contributed by atoms with Crippen molar-refractivity contribution in [3.05, 3.63) is 29.6 Å². The van der Waals surface area contributed by atoms with Crippen molar-refractivity contribution < 1.29 is 19.1 Å². The van der Waals surface area contributed by atoms with Crippen LogP contribution in [0.3, 0.4) is 0 Å². The number of halogens is 1. The van der Waals surface area contributed by atoms with Crippen molar-refractivity contribution >= 4 is 17.6 Å². The summed E-state index contributed by atoms with van der Waals surface area (Å²) in [6.45, 7) is 1.99. The van der Waals surface area contributed by atoms with Gasteiger partial charge in [0.05, 0.1) is 5.69 Å². The monoisotopic (exact) mass is 294 g/mol. The Balaban J connectivity index is 2.29. The minimum atomic E-state index is -1.16. The molecule has 0 bridgehead atoms. The fourth-order valence-electron chi connectivity index (χ4n) is 2.94. The van der Waals surface area contributed by atoms with Gasteiger partial charge < -0.3 is 16.2 Å². The van der Waals surface area contributed by atoms with Crippen molar-refractivity contribution in [1.82, 2.24) is 0 Å². The minimum absolute atomic E-state index is 0.0550. The van der Waals surface area contributed by atoms with Gasteiger partial charge in [-0.3, -0.25) is 4.79 Å². The maximum atomic E-state index is 14.0. The average Bonchev–Trinajstić information content (AvgIpc) is 2.40. The predicted molar refractivity (Wildman–Crippen MR) is 76.5 cm³/mol. The standard InChI is InChI=1S/C15H19FN2O3/c1-9-3-2-6-15(8-9,14(20)21)18-12-5-4-10(13(17)19)7-11(12)16/h4-5,7,9,18H,2-3,6,8H2,1H3,(H2,17,19)(H,20,21). The van der Waals surface area contributed by atoms with E-state index in [9.17, 15) is 19.1 Å². The molecule has 1 saturated carbocycles. The van der Waals surface area contributed by atoms with Crippen LogP contribution in [0.15, 0.2) is 18.2 Å². The van der Waals surface area contributed by atoms with Crippen LogP contribution < -0.4 is 11.1 Å². The van der Waals surface area contributed by atoms with Gasteiger partial charge in [0.25, 0.3) is 0 Å². The molecule has 5 nitrogen and oxygen atoms in total. The molecular weight excluding hydrogens is 275 g/mol. The summed E-state index contributed by atoms with van der Waals surface area (Å²) < 4.78 is 14.0. The number of aliphatic carboxylic acids is 1. The molecule has 2 rings (SSSR count). The Morgan fingerprint density at radius 3 is 2.71 bits per heavy atom. The molecule has 1 amide bonds. The van der Waals surface area contributed by atoms with Crippen LogP contribution in [0, 0.1) is 11.7 Å². The number of nitrogens with two attached hydrogens (primary N) is 1. The topological polar surface area (TPSA) is 92.4 Å². The Kier molecular flexibility index (Phi) is 4.16. The molecule has 2 unspecified atom stereocenters. The van der Waals surface area contributed by atoms with Crippen LogP contribution >= 0.6 is 0 Å². The summed E-state index contributed by atoms with van der Waals surface area (Å²) in [6, 6.07) is 3.77. The Hall–Kier alpha value is -2.11. The van der Waals surface area contributed by atoms with Crippen LogP contribution in [0.4, 0.5) is 10.1 Å². The van der Waals surface area contributed by atoms with Crippen LogP contribution in [0.2, 0.25) is 0 Å². The highest BCUT2D eigenvalue weighted by molar-refractivity contribution is 5.93. The van der Waals surface area contributed by atoms with Gasteiger partial charge in [-0.2, -0.15) is 0 Å². The predicted octanol–water partition coefficient (Wildman–Crippen LogP) is 2.37. The first-order valence-corrected chi connectivity index (χ1v) is 6.95. The van der Waals surface area contributed by atoms with Gasteiger partial charge in [-0.15, -0.1) is 0 Å². The lowest BCUT2D eigenvalue weighted by Crippen LogP contribution is -2.49. The van der Waals surface area contributed by atoms with E-state index in [4.69, 9.17) is 5.73 Å². The molecule has 0 aliphatic heterocycles. The lowest BCUT2D eigenvalue weighted by Gasteiger charge is -2.38. The van der Waals surface area contributed by atoms with Gasteiger partial charge in [-0.25, -0.2) is 9.18 Å². The van der Waals surface area contributed by atoms with E-state index in [1.807, 2.05) is 6.92 Å². The van der Waals surface area contributed by atoms with Gasteiger partial charge in [0.1, 0.15) is 11.4 Å². The quantitative estimate of drug-likeness (QED) is 0.795. The van der Waals surface area contributed by atoms with Crippen molar-refractivity contribution in [2.24, 2.45) is 11.7 Å². The molecule has 0 radical (unpaired) electrons. The molecule has 114 valence electrons. The van der Waals surface area contributed by atoms with Crippen LogP contribution in [-0.4, -0.2) is 22.5 Å². The van der Waals surface area contributed by atoms with Crippen LogP contribution in [0.25, 0.3) is 0 Å². The summed E-state index contributed by atoms with van der Waals surface area (Å²) in [5.41, 5.74) is 4.06. The summed E-state index contributed by atoms with van der Waals surface area (Å²) in [6.07, 6.45) is 2.64. The molecule has 4 N–H and O–H groups in total. The number of carboxylic acids is 1. The van der Waals surface area contributed by atoms with E-state index in [0.29, 0.717) is 12.8 Å². The first kappa shape index (κ1) is 15.3. The summed E-state index contributed by atoms with van der Waals surface area (Å²) in [4.78, 5) is 22.7. The van der Waals surface area contributed by atoms with Crippen LogP contribution in [0.1, 0.15) is 43.0 Å². The lowest BCUT2D eigenvalue weighted by atomic mass is 9.76. The molecular formula is C15H19FN2O3. The fourth-order valence-corrected chi connectivity index (χ4v) is 2.94. The number of benzene rings is 1. The van der Waals surface area contributed by atoms with E-state index < -0.39 is 23.2 Å². The first-order chi connectivity index (χ1) is 9.84. The molecule has 0 aromatic heterocycles. The summed E-state index contributed by atoms with van der Waals surface area (Å²) in [5, 5.41) is 12.4. The molecule has 21 heavy (non-hydrogen) atoms. The molecule has 1 aromatic carbocycles. The van der Waals surface area contributed by atoms with Gasteiger partial charge in [0, 0.05) is 5.56 Å². The molecule has 1 aliphatic rings. The normalized spacial score (nSPS) is 25.3.